The van der Waals surface area contributed by atoms with Crippen LogP contribution in [0.25, 0.3) is 0 Å². The summed E-state index contributed by atoms with van der Waals surface area (Å²) in [5, 5.41) is 21.0. The molecule has 6 nitrogen and oxygen atoms in total. The van der Waals surface area contributed by atoms with Gasteiger partial charge >= 0.3 is 0 Å². The number of rotatable bonds is 3. The number of nitriles is 1. The minimum absolute atomic E-state index is 0.0280. The first-order valence-corrected chi connectivity index (χ1v) is 7.91. The summed E-state index contributed by atoms with van der Waals surface area (Å²) in [4.78, 5) is 15.0. The van der Waals surface area contributed by atoms with Gasteiger partial charge < -0.3 is 9.80 Å². The first kappa shape index (κ1) is 16.1. The Kier molecular flexibility index (Phi) is 4.54. The van der Waals surface area contributed by atoms with Crippen molar-refractivity contribution in [2.75, 3.05) is 36.0 Å². The number of anilines is 2. The number of benzene rings is 2. The van der Waals surface area contributed by atoms with Gasteiger partial charge in [0.15, 0.2) is 0 Å². The third kappa shape index (κ3) is 3.12. The maximum absolute atomic E-state index is 11.3. The highest BCUT2D eigenvalue weighted by Gasteiger charge is 2.24. The average molecular weight is 343 g/mol. The molecule has 0 bridgehead atoms. The average Bonchev–Trinajstić information content (AvgIpc) is 2.61. The molecule has 0 amide bonds. The monoisotopic (exact) mass is 342 g/mol. The summed E-state index contributed by atoms with van der Waals surface area (Å²) < 4.78 is 0. The summed E-state index contributed by atoms with van der Waals surface area (Å²) >= 11 is 6.24. The molecule has 3 rings (SSSR count). The van der Waals surface area contributed by atoms with Crippen molar-refractivity contribution in [1.29, 1.82) is 5.26 Å². The number of nitrogens with zero attached hydrogens (tertiary/aromatic N) is 4. The minimum atomic E-state index is -0.406. The van der Waals surface area contributed by atoms with Crippen LogP contribution in [0, 0.1) is 21.4 Å². The minimum Gasteiger partial charge on any atom is -0.367 e. The van der Waals surface area contributed by atoms with Gasteiger partial charge in [0.1, 0.15) is 5.69 Å². The molecule has 2 aromatic rings. The Balaban J connectivity index is 1.81. The topological polar surface area (TPSA) is 73.4 Å². The molecule has 0 N–H and O–H groups in total. The zero-order valence-electron chi connectivity index (χ0n) is 12.9. The molecule has 0 aromatic heterocycles. The molecule has 0 unspecified atom stereocenters. The maximum atomic E-state index is 11.3. The summed E-state index contributed by atoms with van der Waals surface area (Å²) in [6, 6.07) is 14.1. The standard InChI is InChI=1S/C17H15ClN4O2/c18-14-3-1-2-4-15(14)20-7-9-21(10-8-20)17-11-13(12-19)5-6-16(17)22(23)24/h1-6,11H,7-10H2. The van der Waals surface area contributed by atoms with Crippen molar-refractivity contribution in [2.45, 2.75) is 0 Å². The lowest BCUT2D eigenvalue weighted by Crippen LogP contribution is -2.46. The molecule has 7 heteroatoms. The van der Waals surface area contributed by atoms with Crippen molar-refractivity contribution in [1.82, 2.24) is 0 Å². The molecular formula is C17H15ClN4O2. The van der Waals surface area contributed by atoms with Gasteiger partial charge in [-0.15, -0.1) is 0 Å². The normalized spacial score (nSPS) is 14.3. The van der Waals surface area contributed by atoms with Crippen LogP contribution in [0.2, 0.25) is 5.02 Å². The van der Waals surface area contributed by atoms with Gasteiger partial charge in [0, 0.05) is 32.2 Å². The lowest BCUT2D eigenvalue weighted by atomic mass is 10.1. The smallest absolute Gasteiger partial charge is 0.292 e. The van der Waals surface area contributed by atoms with Gasteiger partial charge in [-0.05, 0) is 24.3 Å². The third-order valence-corrected chi connectivity index (χ3v) is 4.43. The zero-order valence-corrected chi connectivity index (χ0v) is 13.6. The number of para-hydroxylation sites is 1. The van der Waals surface area contributed by atoms with Crippen molar-refractivity contribution in [3.05, 3.63) is 63.2 Å². The molecular weight excluding hydrogens is 328 g/mol. The van der Waals surface area contributed by atoms with Crippen molar-refractivity contribution in [3.63, 3.8) is 0 Å². The molecule has 122 valence electrons. The van der Waals surface area contributed by atoms with E-state index in [1.165, 1.54) is 12.1 Å². The molecule has 2 aromatic carbocycles. The lowest BCUT2D eigenvalue weighted by Gasteiger charge is -2.37. The van der Waals surface area contributed by atoms with Gasteiger partial charge in [0.05, 0.1) is 27.3 Å². The number of nitro benzene ring substituents is 1. The van der Waals surface area contributed by atoms with Gasteiger partial charge in [0.25, 0.3) is 5.69 Å². The molecule has 1 heterocycles. The van der Waals surface area contributed by atoms with Crippen LogP contribution in [-0.2, 0) is 0 Å². The highest BCUT2D eigenvalue weighted by molar-refractivity contribution is 6.33. The lowest BCUT2D eigenvalue weighted by molar-refractivity contribution is -0.384. The Bertz CT molecular complexity index is 810. The summed E-state index contributed by atoms with van der Waals surface area (Å²) in [6.07, 6.45) is 0. The van der Waals surface area contributed by atoms with Crippen LogP contribution in [0.3, 0.4) is 0 Å². The molecule has 1 saturated heterocycles. The Labute approximate surface area is 144 Å². The second kappa shape index (κ2) is 6.77. The van der Waals surface area contributed by atoms with E-state index in [1.54, 1.807) is 6.07 Å². The van der Waals surface area contributed by atoms with E-state index < -0.39 is 4.92 Å². The van der Waals surface area contributed by atoms with Crippen molar-refractivity contribution in [3.8, 4) is 6.07 Å². The second-order valence-corrected chi connectivity index (χ2v) is 5.91. The van der Waals surface area contributed by atoms with Crippen LogP contribution in [0.1, 0.15) is 5.56 Å². The predicted molar refractivity (Wildman–Crippen MR) is 93.7 cm³/mol. The molecule has 0 aliphatic carbocycles. The van der Waals surface area contributed by atoms with Crippen LogP contribution in [0.5, 0.6) is 0 Å². The predicted octanol–water partition coefficient (Wildman–Crippen LogP) is 3.45. The quantitative estimate of drug-likeness (QED) is 0.631. The fraction of sp³-hybridized carbons (Fsp3) is 0.235. The highest BCUT2D eigenvalue weighted by atomic mass is 35.5. The van der Waals surface area contributed by atoms with Gasteiger partial charge in [-0.25, -0.2) is 0 Å². The SMILES string of the molecule is N#Cc1ccc([N+](=O)[O-])c(N2CCN(c3ccccc3Cl)CC2)c1. The van der Waals surface area contributed by atoms with Crippen LogP contribution in [-0.4, -0.2) is 31.1 Å². The second-order valence-electron chi connectivity index (χ2n) is 5.50. The summed E-state index contributed by atoms with van der Waals surface area (Å²) in [7, 11) is 0. The van der Waals surface area contributed by atoms with E-state index in [-0.39, 0.29) is 5.69 Å². The van der Waals surface area contributed by atoms with Gasteiger partial charge in [-0.1, -0.05) is 23.7 Å². The number of piperazine rings is 1. The van der Waals surface area contributed by atoms with E-state index in [0.717, 1.165) is 5.69 Å². The number of nitro groups is 1. The molecule has 1 fully saturated rings. The fourth-order valence-electron chi connectivity index (χ4n) is 2.90. The number of hydrogen-bond donors (Lipinski definition) is 0. The molecule has 0 radical (unpaired) electrons. The Morgan fingerprint density at radius 1 is 1.04 bits per heavy atom. The Hall–Kier alpha value is -2.78. The zero-order chi connectivity index (χ0) is 17.1. The molecule has 0 spiro atoms. The van der Waals surface area contributed by atoms with E-state index in [1.807, 2.05) is 35.2 Å². The van der Waals surface area contributed by atoms with Gasteiger partial charge in [-0.2, -0.15) is 5.26 Å². The maximum Gasteiger partial charge on any atom is 0.292 e. The van der Waals surface area contributed by atoms with E-state index in [0.29, 0.717) is 42.5 Å². The largest absolute Gasteiger partial charge is 0.367 e. The van der Waals surface area contributed by atoms with Crippen molar-refractivity contribution < 1.29 is 4.92 Å². The molecule has 1 aliphatic heterocycles. The molecule has 0 saturated carbocycles. The first-order chi connectivity index (χ1) is 11.6. The van der Waals surface area contributed by atoms with Gasteiger partial charge in [0.2, 0.25) is 0 Å². The first-order valence-electron chi connectivity index (χ1n) is 7.53. The van der Waals surface area contributed by atoms with E-state index >= 15 is 0 Å². The Morgan fingerprint density at radius 3 is 2.25 bits per heavy atom. The summed E-state index contributed by atoms with van der Waals surface area (Å²) in [5.74, 6) is 0. The summed E-state index contributed by atoms with van der Waals surface area (Å²) in [5.41, 5.74) is 1.92. The summed E-state index contributed by atoms with van der Waals surface area (Å²) in [6.45, 7) is 2.66. The van der Waals surface area contributed by atoms with E-state index in [9.17, 15) is 10.1 Å². The highest BCUT2D eigenvalue weighted by Crippen LogP contribution is 2.32. The van der Waals surface area contributed by atoms with Gasteiger partial charge in [-0.3, -0.25) is 10.1 Å². The van der Waals surface area contributed by atoms with Crippen LogP contribution >= 0.6 is 11.6 Å². The van der Waals surface area contributed by atoms with E-state index in [2.05, 4.69) is 4.90 Å². The van der Waals surface area contributed by atoms with E-state index in [4.69, 9.17) is 16.9 Å². The molecule has 0 atom stereocenters. The van der Waals surface area contributed by atoms with Crippen molar-refractivity contribution in [2.24, 2.45) is 0 Å². The number of hydrogen-bond acceptors (Lipinski definition) is 5. The number of halogens is 1. The molecule has 24 heavy (non-hydrogen) atoms. The fourth-order valence-corrected chi connectivity index (χ4v) is 3.15. The van der Waals surface area contributed by atoms with Crippen LogP contribution in [0.15, 0.2) is 42.5 Å². The third-order valence-electron chi connectivity index (χ3n) is 4.11. The van der Waals surface area contributed by atoms with Crippen LogP contribution < -0.4 is 9.80 Å². The van der Waals surface area contributed by atoms with Crippen molar-refractivity contribution >= 4 is 28.7 Å². The van der Waals surface area contributed by atoms with Crippen LogP contribution in [0.4, 0.5) is 17.1 Å². The molecule has 1 aliphatic rings. The Morgan fingerprint density at radius 2 is 1.67 bits per heavy atom.